The topological polar surface area (TPSA) is 73.0 Å². The maximum absolute atomic E-state index is 12.8. The maximum Gasteiger partial charge on any atom is 0.333 e. The SMILES string of the molecule is CCn1nc(C)c(CN(C)S(=O)(=O)c2cnn(C(F)F)c2C)c1C. The van der Waals surface area contributed by atoms with Gasteiger partial charge < -0.3 is 0 Å². The van der Waals surface area contributed by atoms with E-state index < -0.39 is 16.6 Å². The Morgan fingerprint density at radius 3 is 2.33 bits per heavy atom. The Kier molecular flexibility index (Phi) is 5.09. The number of hydrogen-bond acceptors (Lipinski definition) is 4. The summed E-state index contributed by atoms with van der Waals surface area (Å²) in [6.07, 6.45) is 0.961. The van der Waals surface area contributed by atoms with Crippen LogP contribution in [0, 0.1) is 20.8 Å². The highest BCUT2D eigenvalue weighted by Gasteiger charge is 2.28. The summed E-state index contributed by atoms with van der Waals surface area (Å²) in [4.78, 5) is -0.219. The monoisotopic (exact) mass is 361 g/mol. The van der Waals surface area contributed by atoms with E-state index in [-0.39, 0.29) is 17.1 Å². The molecule has 2 aromatic heterocycles. The molecule has 134 valence electrons. The third-order valence-corrected chi connectivity index (χ3v) is 5.99. The zero-order chi connectivity index (χ0) is 18.2. The van der Waals surface area contributed by atoms with Gasteiger partial charge >= 0.3 is 6.55 Å². The average Bonchev–Trinajstić information content (AvgIpc) is 3.02. The van der Waals surface area contributed by atoms with Crippen LogP contribution in [0.4, 0.5) is 8.78 Å². The highest BCUT2D eigenvalue weighted by molar-refractivity contribution is 7.89. The average molecular weight is 361 g/mol. The molecule has 0 radical (unpaired) electrons. The maximum atomic E-state index is 12.8. The first kappa shape index (κ1) is 18.5. The normalized spacial score (nSPS) is 12.5. The lowest BCUT2D eigenvalue weighted by molar-refractivity contribution is 0.0541. The van der Waals surface area contributed by atoms with Crippen molar-refractivity contribution >= 4 is 10.0 Å². The molecule has 0 aliphatic heterocycles. The third-order valence-electron chi connectivity index (χ3n) is 4.08. The standard InChI is InChI=1S/C14H21F2N5O2S/c1-6-20-10(3)12(9(2)18-20)8-19(5)24(22,23)13-7-17-21(11(13)4)14(15)16/h7,14H,6,8H2,1-5H3. The van der Waals surface area contributed by atoms with E-state index in [1.165, 1.54) is 14.0 Å². The van der Waals surface area contributed by atoms with E-state index in [2.05, 4.69) is 10.2 Å². The van der Waals surface area contributed by atoms with E-state index in [4.69, 9.17) is 0 Å². The quantitative estimate of drug-likeness (QED) is 0.791. The molecule has 0 N–H and O–H groups in total. The summed E-state index contributed by atoms with van der Waals surface area (Å²) in [5.74, 6) is 0. The summed E-state index contributed by atoms with van der Waals surface area (Å²) in [6, 6.07) is 0. The van der Waals surface area contributed by atoms with Gasteiger partial charge in [-0.15, -0.1) is 0 Å². The molecule has 0 bridgehead atoms. The number of nitrogens with zero attached hydrogens (tertiary/aromatic N) is 5. The molecular formula is C14H21F2N5O2S. The van der Waals surface area contributed by atoms with Gasteiger partial charge in [-0.25, -0.2) is 13.1 Å². The van der Waals surface area contributed by atoms with Crippen LogP contribution in [0.3, 0.4) is 0 Å². The van der Waals surface area contributed by atoms with E-state index in [0.29, 0.717) is 11.2 Å². The minimum absolute atomic E-state index is 0.0884. The molecule has 0 fully saturated rings. The number of halogens is 2. The molecule has 0 aromatic carbocycles. The van der Waals surface area contributed by atoms with Crippen molar-refractivity contribution in [3.63, 3.8) is 0 Å². The molecule has 0 unspecified atom stereocenters. The summed E-state index contributed by atoms with van der Waals surface area (Å²) < 4.78 is 54.3. The Hall–Kier alpha value is -1.81. The van der Waals surface area contributed by atoms with Gasteiger partial charge in [-0.2, -0.15) is 23.3 Å². The Morgan fingerprint density at radius 2 is 1.88 bits per heavy atom. The number of aromatic nitrogens is 4. The molecule has 2 heterocycles. The van der Waals surface area contributed by atoms with Crippen LogP contribution in [-0.4, -0.2) is 39.3 Å². The van der Waals surface area contributed by atoms with Crippen molar-refractivity contribution in [2.45, 2.75) is 52.2 Å². The molecule has 0 amide bonds. The number of sulfonamides is 1. The van der Waals surface area contributed by atoms with Gasteiger partial charge in [-0.1, -0.05) is 0 Å². The van der Waals surface area contributed by atoms with Crippen LogP contribution in [-0.2, 0) is 23.1 Å². The summed E-state index contributed by atoms with van der Waals surface area (Å²) >= 11 is 0. The fourth-order valence-electron chi connectivity index (χ4n) is 2.60. The van der Waals surface area contributed by atoms with Crippen LogP contribution < -0.4 is 0 Å². The van der Waals surface area contributed by atoms with Crippen molar-refractivity contribution in [2.75, 3.05) is 7.05 Å². The molecule has 7 nitrogen and oxygen atoms in total. The van der Waals surface area contributed by atoms with Crippen LogP contribution in [0.1, 0.15) is 36.1 Å². The van der Waals surface area contributed by atoms with Gasteiger partial charge in [0.15, 0.2) is 0 Å². The largest absolute Gasteiger partial charge is 0.333 e. The summed E-state index contributed by atoms with van der Waals surface area (Å²) in [7, 11) is -2.52. The second kappa shape index (κ2) is 6.60. The molecule has 2 aromatic rings. The van der Waals surface area contributed by atoms with E-state index in [1.807, 2.05) is 20.8 Å². The van der Waals surface area contributed by atoms with Crippen LogP contribution in [0.25, 0.3) is 0 Å². The predicted molar refractivity (Wildman–Crippen MR) is 84.2 cm³/mol. The van der Waals surface area contributed by atoms with Crippen LogP contribution in [0.2, 0.25) is 0 Å². The van der Waals surface area contributed by atoms with Crippen molar-refractivity contribution in [3.8, 4) is 0 Å². The van der Waals surface area contributed by atoms with Crippen LogP contribution >= 0.6 is 0 Å². The van der Waals surface area contributed by atoms with Crippen molar-refractivity contribution in [1.29, 1.82) is 0 Å². The van der Waals surface area contributed by atoms with Gasteiger partial charge in [-0.3, -0.25) is 4.68 Å². The molecule has 24 heavy (non-hydrogen) atoms. The molecule has 0 saturated heterocycles. The highest BCUT2D eigenvalue weighted by atomic mass is 32.2. The van der Waals surface area contributed by atoms with Gasteiger partial charge in [0.2, 0.25) is 10.0 Å². The Morgan fingerprint density at radius 1 is 1.25 bits per heavy atom. The van der Waals surface area contributed by atoms with Crippen LogP contribution in [0.5, 0.6) is 0 Å². The summed E-state index contributed by atoms with van der Waals surface area (Å²) in [5.41, 5.74) is 2.35. The van der Waals surface area contributed by atoms with Gasteiger partial charge in [0, 0.05) is 31.4 Å². The van der Waals surface area contributed by atoms with Crippen molar-refractivity contribution in [2.24, 2.45) is 0 Å². The zero-order valence-corrected chi connectivity index (χ0v) is 15.1. The first-order valence-corrected chi connectivity index (χ1v) is 8.86. The molecule has 0 spiro atoms. The number of hydrogen-bond donors (Lipinski definition) is 0. The lowest BCUT2D eigenvalue weighted by Crippen LogP contribution is -2.27. The van der Waals surface area contributed by atoms with Gasteiger partial charge in [0.1, 0.15) is 4.90 Å². The molecular weight excluding hydrogens is 340 g/mol. The third kappa shape index (κ3) is 3.07. The number of aryl methyl sites for hydroxylation is 2. The predicted octanol–water partition coefficient (Wildman–Crippen LogP) is 2.24. The lowest BCUT2D eigenvalue weighted by atomic mass is 10.2. The number of alkyl halides is 2. The smallest absolute Gasteiger partial charge is 0.270 e. The first-order valence-electron chi connectivity index (χ1n) is 7.42. The Labute approximate surface area is 139 Å². The zero-order valence-electron chi connectivity index (χ0n) is 14.3. The van der Waals surface area contributed by atoms with Crippen LogP contribution in [0.15, 0.2) is 11.1 Å². The molecule has 0 aliphatic carbocycles. The van der Waals surface area contributed by atoms with Crippen molar-refractivity contribution in [1.82, 2.24) is 23.9 Å². The van der Waals surface area contributed by atoms with E-state index in [0.717, 1.165) is 27.5 Å². The lowest BCUT2D eigenvalue weighted by Gasteiger charge is -2.17. The fourth-order valence-corrected chi connectivity index (χ4v) is 3.89. The van der Waals surface area contributed by atoms with Crippen molar-refractivity contribution in [3.05, 3.63) is 28.8 Å². The minimum atomic E-state index is -3.93. The molecule has 10 heteroatoms. The van der Waals surface area contributed by atoms with Crippen molar-refractivity contribution < 1.29 is 17.2 Å². The minimum Gasteiger partial charge on any atom is -0.270 e. The van der Waals surface area contributed by atoms with Gasteiger partial charge in [0.05, 0.1) is 17.6 Å². The fraction of sp³-hybridized carbons (Fsp3) is 0.571. The molecule has 0 atom stereocenters. The van der Waals surface area contributed by atoms with Gasteiger partial charge in [0.25, 0.3) is 0 Å². The summed E-state index contributed by atoms with van der Waals surface area (Å²) in [5, 5.41) is 7.83. The molecule has 0 saturated carbocycles. The van der Waals surface area contributed by atoms with E-state index >= 15 is 0 Å². The van der Waals surface area contributed by atoms with E-state index in [1.54, 1.807) is 4.68 Å². The highest BCUT2D eigenvalue weighted by Crippen LogP contribution is 2.24. The second-order valence-electron chi connectivity index (χ2n) is 5.54. The number of rotatable bonds is 6. The first-order chi connectivity index (χ1) is 11.1. The molecule has 0 aliphatic rings. The summed E-state index contributed by atoms with van der Waals surface area (Å²) in [6.45, 7) is 4.86. The van der Waals surface area contributed by atoms with Gasteiger partial charge in [-0.05, 0) is 27.7 Å². The molecule has 2 rings (SSSR count). The van der Waals surface area contributed by atoms with E-state index in [9.17, 15) is 17.2 Å². The second-order valence-corrected chi connectivity index (χ2v) is 7.56. The Balaban J connectivity index is 2.35. The Bertz CT molecular complexity index is 842.